The molecule has 0 aliphatic rings. The van der Waals surface area contributed by atoms with Gasteiger partial charge in [0.15, 0.2) is 5.78 Å². The van der Waals surface area contributed by atoms with Gasteiger partial charge in [-0.25, -0.2) is 4.98 Å². The first-order chi connectivity index (χ1) is 14.0. The van der Waals surface area contributed by atoms with Crippen LogP contribution >= 0.6 is 0 Å². The third kappa shape index (κ3) is 3.93. The summed E-state index contributed by atoms with van der Waals surface area (Å²) in [5.74, 6) is -0.00756. The second kappa shape index (κ2) is 7.99. The number of hydrogen-bond acceptors (Lipinski definition) is 3. The van der Waals surface area contributed by atoms with E-state index in [1.54, 1.807) is 6.92 Å². The number of pyridine rings is 1. The van der Waals surface area contributed by atoms with Crippen LogP contribution in [0.5, 0.6) is 0 Å². The van der Waals surface area contributed by atoms with Gasteiger partial charge in [-0.1, -0.05) is 29.8 Å². The molecule has 1 atom stereocenters. The van der Waals surface area contributed by atoms with Gasteiger partial charge in [0, 0.05) is 34.4 Å². The number of aromatic nitrogens is 2. The molecule has 4 nitrogen and oxygen atoms in total. The molecule has 2 heterocycles. The van der Waals surface area contributed by atoms with Gasteiger partial charge < -0.3 is 9.30 Å². The first-order valence-corrected chi connectivity index (χ1v) is 10.7. The number of ether oxygens (including phenoxy) is 1. The molecule has 2 aromatic heterocycles. The lowest BCUT2D eigenvalue weighted by Gasteiger charge is -2.29. The monoisotopic (exact) mass is 406 g/mol. The summed E-state index contributed by atoms with van der Waals surface area (Å²) in [4.78, 5) is 17.8. The minimum Gasteiger partial charge on any atom is -0.360 e. The Labute approximate surface area is 180 Å². The second-order valence-corrected chi connectivity index (χ2v) is 9.23. The lowest BCUT2D eigenvalue weighted by molar-refractivity contribution is -0.138. The average Bonchev–Trinajstić information content (AvgIpc) is 2.88. The lowest BCUT2D eigenvalue weighted by Crippen LogP contribution is -2.27. The molecule has 0 aliphatic carbocycles. The normalized spacial score (nSPS) is 13.1. The van der Waals surface area contributed by atoms with Crippen LogP contribution in [-0.2, 0) is 16.1 Å². The molecule has 0 radical (unpaired) electrons. The van der Waals surface area contributed by atoms with Crippen LogP contribution in [0.2, 0.25) is 0 Å². The standard InChI is InChI=1S/C26H34N2O2/c1-10-28-18(5)16(3)21-23(20-13-11-15(2)12-14-20)22(17(4)27-25(21)28)24(19(6)29)30-26(7,8)9/h11-14,24H,10H2,1-9H3. The molecule has 0 bridgehead atoms. The maximum absolute atomic E-state index is 12.8. The van der Waals surface area contributed by atoms with Crippen LogP contribution < -0.4 is 0 Å². The van der Waals surface area contributed by atoms with Crippen molar-refractivity contribution in [3.8, 4) is 11.1 Å². The Hall–Kier alpha value is -2.46. The molecule has 0 amide bonds. The molecule has 3 rings (SSSR count). The van der Waals surface area contributed by atoms with E-state index in [0.29, 0.717) is 0 Å². The third-order valence-corrected chi connectivity index (χ3v) is 5.74. The van der Waals surface area contributed by atoms with Crippen molar-refractivity contribution < 1.29 is 9.53 Å². The summed E-state index contributed by atoms with van der Waals surface area (Å²) in [7, 11) is 0. The topological polar surface area (TPSA) is 44.1 Å². The molecule has 30 heavy (non-hydrogen) atoms. The van der Waals surface area contributed by atoms with Crippen molar-refractivity contribution in [2.45, 2.75) is 80.6 Å². The lowest BCUT2D eigenvalue weighted by atomic mass is 9.89. The van der Waals surface area contributed by atoms with Crippen molar-refractivity contribution in [3.05, 3.63) is 52.3 Å². The Bertz CT molecular complexity index is 1100. The first-order valence-electron chi connectivity index (χ1n) is 10.7. The number of carbonyl (C=O) groups is 1. The number of nitrogens with zero attached hydrogens (tertiary/aromatic N) is 2. The molecular formula is C26H34N2O2. The van der Waals surface area contributed by atoms with Crippen LogP contribution in [0.25, 0.3) is 22.2 Å². The van der Waals surface area contributed by atoms with Crippen molar-refractivity contribution in [3.63, 3.8) is 0 Å². The zero-order chi connectivity index (χ0) is 22.4. The molecular weight excluding hydrogens is 372 g/mol. The SMILES string of the molecule is CCn1c(C)c(C)c2c(-c3ccc(C)cc3)c(C(OC(C)(C)C)C(C)=O)c(C)nc21. The summed E-state index contributed by atoms with van der Waals surface area (Å²) in [6, 6.07) is 8.51. The summed E-state index contributed by atoms with van der Waals surface area (Å²) in [6.45, 7) is 18.9. The number of aryl methyl sites for hydroxylation is 4. The van der Waals surface area contributed by atoms with Crippen LogP contribution in [0.15, 0.2) is 24.3 Å². The average molecular weight is 407 g/mol. The van der Waals surface area contributed by atoms with Gasteiger partial charge in [-0.05, 0) is 73.4 Å². The molecule has 0 saturated heterocycles. The van der Waals surface area contributed by atoms with E-state index in [2.05, 4.69) is 56.5 Å². The van der Waals surface area contributed by atoms with Gasteiger partial charge in [0.1, 0.15) is 11.8 Å². The number of carbonyl (C=O) groups excluding carboxylic acids is 1. The second-order valence-electron chi connectivity index (χ2n) is 9.23. The predicted octanol–water partition coefficient (Wildman–Crippen LogP) is 6.40. The largest absolute Gasteiger partial charge is 0.360 e. The molecule has 1 unspecified atom stereocenters. The Morgan fingerprint density at radius 1 is 1.10 bits per heavy atom. The summed E-state index contributed by atoms with van der Waals surface area (Å²) in [5, 5.41) is 1.11. The van der Waals surface area contributed by atoms with E-state index in [4.69, 9.17) is 9.72 Å². The van der Waals surface area contributed by atoms with Crippen LogP contribution in [0.4, 0.5) is 0 Å². The molecule has 0 saturated carbocycles. The highest BCUT2D eigenvalue weighted by Gasteiger charge is 2.31. The summed E-state index contributed by atoms with van der Waals surface area (Å²) >= 11 is 0. The number of Topliss-reactive ketones (excluding diaryl/α,β-unsaturated/α-hetero) is 1. The van der Waals surface area contributed by atoms with Crippen molar-refractivity contribution in [1.29, 1.82) is 0 Å². The Balaban J connectivity index is 2.49. The van der Waals surface area contributed by atoms with Crippen LogP contribution in [-0.4, -0.2) is 20.9 Å². The molecule has 0 fully saturated rings. The van der Waals surface area contributed by atoms with E-state index in [9.17, 15) is 4.79 Å². The van der Waals surface area contributed by atoms with E-state index in [0.717, 1.165) is 40.0 Å². The van der Waals surface area contributed by atoms with Crippen molar-refractivity contribution in [2.24, 2.45) is 0 Å². The Morgan fingerprint density at radius 3 is 2.20 bits per heavy atom. The van der Waals surface area contributed by atoms with Crippen LogP contribution in [0.3, 0.4) is 0 Å². The number of ketones is 1. The molecule has 0 spiro atoms. The van der Waals surface area contributed by atoms with Crippen molar-refractivity contribution >= 4 is 16.8 Å². The number of rotatable bonds is 5. The van der Waals surface area contributed by atoms with E-state index in [-0.39, 0.29) is 5.78 Å². The zero-order valence-corrected chi connectivity index (χ0v) is 19.8. The first kappa shape index (κ1) is 22.2. The summed E-state index contributed by atoms with van der Waals surface area (Å²) in [5.41, 5.74) is 8.01. The van der Waals surface area contributed by atoms with Gasteiger partial charge in [-0.3, -0.25) is 4.79 Å². The van der Waals surface area contributed by atoms with Crippen molar-refractivity contribution in [2.75, 3.05) is 0 Å². The van der Waals surface area contributed by atoms with E-state index in [1.165, 1.54) is 16.8 Å². The molecule has 0 N–H and O–H groups in total. The number of benzene rings is 1. The van der Waals surface area contributed by atoms with Gasteiger partial charge >= 0.3 is 0 Å². The number of hydrogen-bond donors (Lipinski definition) is 0. The zero-order valence-electron chi connectivity index (χ0n) is 19.8. The smallest absolute Gasteiger partial charge is 0.163 e. The highest BCUT2D eigenvalue weighted by Crippen LogP contribution is 2.42. The van der Waals surface area contributed by atoms with E-state index < -0.39 is 11.7 Å². The molecule has 0 aliphatic heterocycles. The quantitative estimate of drug-likeness (QED) is 0.492. The van der Waals surface area contributed by atoms with E-state index in [1.807, 2.05) is 27.7 Å². The molecule has 160 valence electrons. The summed E-state index contributed by atoms with van der Waals surface area (Å²) < 4.78 is 8.56. The van der Waals surface area contributed by atoms with Crippen LogP contribution in [0.1, 0.15) is 68.8 Å². The van der Waals surface area contributed by atoms with Crippen LogP contribution in [0, 0.1) is 27.7 Å². The van der Waals surface area contributed by atoms with Gasteiger partial charge in [-0.15, -0.1) is 0 Å². The maximum atomic E-state index is 12.8. The number of fused-ring (bicyclic) bond motifs is 1. The minimum atomic E-state index is -0.664. The predicted molar refractivity (Wildman–Crippen MR) is 124 cm³/mol. The Morgan fingerprint density at radius 2 is 1.70 bits per heavy atom. The molecule has 4 heteroatoms. The van der Waals surface area contributed by atoms with Gasteiger partial charge in [0.05, 0.1) is 5.60 Å². The van der Waals surface area contributed by atoms with Gasteiger partial charge in [-0.2, -0.15) is 0 Å². The summed E-state index contributed by atoms with van der Waals surface area (Å²) in [6.07, 6.45) is -0.664. The minimum absolute atomic E-state index is 0.00756. The van der Waals surface area contributed by atoms with Gasteiger partial charge in [0.2, 0.25) is 0 Å². The fraction of sp³-hybridized carbons (Fsp3) is 0.462. The molecule has 1 aromatic carbocycles. The maximum Gasteiger partial charge on any atom is 0.163 e. The fourth-order valence-electron chi connectivity index (χ4n) is 4.22. The van der Waals surface area contributed by atoms with E-state index >= 15 is 0 Å². The van der Waals surface area contributed by atoms with Gasteiger partial charge in [0.25, 0.3) is 0 Å². The molecule has 3 aromatic rings. The van der Waals surface area contributed by atoms with Crippen molar-refractivity contribution in [1.82, 2.24) is 9.55 Å². The Kier molecular flexibility index (Phi) is 5.92. The highest BCUT2D eigenvalue weighted by molar-refractivity contribution is 6.01. The highest BCUT2D eigenvalue weighted by atomic mass is 16.5. The fourth-order valence-corrected chi connectivity index (χ4v) is 4.22. The third-order valence-electron chi connectivity index (χ3n) is 5.74.